The lowest BCUT2D eigenvalue weighted by atomic mass is 10.1. The highest BCUT2D eigenvalue weighted by Crippen LogP contribution is 2.17. The van der Waals surface area contributed by atoms with Crippen LogP contribution < -0.4 is 0 Å². The molecule has 1 aromatic carbocycles. The summed E-state index contributed by atoms with van der Waals surface area (Å²) < 4.78 is 42.6. The van der Waals surface area contributed by atoms with E-state index in [1.807, 2.05) is 0 Å². The van der Waals surface area contributed by atoms with Gasteiger partial charge in [-0.2, -0.15) is 0 Å². The van der Waals surface area contributed by atoms with Crippen molar-refractivity contribution in [3.63, 3.8) is 0 Å². The van der Waals surface area contributed by atoms with Crippen LogP contribution in [0.1, 0.15) is 12.0 Å². The van der Waals surface area contributed by atoms with Crippen LogP contribution in [0, 0.1) is 17.5 Å². The van der Waals surface area contributed by atoms with Gasteiger partial charge in [0.25, 0.3) is 5.97 Å². The van der Waals surface area contributed by atoms with Gasteiger partial charge in [0.15, 0.2) is 27.9 Å². The van der Waals surface area contributed by atoms with Gasteiger partial charge in [-0.25, -0.2) is 13.2 Å². The molecule has 0 saturated heterocycles. The summed E-state index contributed by atoms with van der Waals surface area (Å²) in [7, 11) is 0.111. The Hall–Kier alpha value is -0.893. The first-order valence-corrected chi connectivity index (χ1v) is 5.30. The van der Waals surface area contributed by atoms with Crippen LogP contribution in [-0.4, -0.2) is 26.7 Å². The predicted molar refractivity (Wildman–Crippen MR) is 52.8 cm³/mol. The zero-order valence-electron chi connectivity index (χ0n) is 8.51. The van der Waals surface area contributed by atoms with E-state index in [0.29, 0.717) is 0 Å². The van der Waals surface area contributed by atoms with Gasteiger partial charge in [-0.3, -0.25) is 0 Å². The smallest absolute Gasteiger partial charge is 0.267 e. The van der Waals surface area contributed by atoms with Gasteiger partial charge in [0, 0.05) is 6.42 Å². The lowest BCUT2D eigenvalue weighted by Gasteiger charge is -2.19. The Kier molecular flexibility index (Phi) is 4.08. The molecule has 0 heterocycles. The lowest BCUT2D eigenvalue weighted by Crippen LogP contribution is -2.31. The van der Waals surface area contributed by atoms with E-state index in [1.54, 1.807) is 0 Å². The van der Waals surface area contributed by atoms with Crippen molar-refractivity contribution >= 4 is 10.5 Å². The number of benzene rings is 1. The average Bonchev–Trinajstić information content (AvgIpc) is 2.23. The Morgan fingerprint density at radius 2 is 1.69 bits per heavy atom. The fourth-order valence-electron chi connectivity index (χ4n) is 1.16. The second kappa shape index (κ2) is 4.96. The molecule has 0 atom stereocenters. The van der Waals surface area contributed by atoms with E-state index in [-0.39, 0.29) is 28.9 Å². The van der Waals surface area contributed by atoms with Crippen LogP contribution in [-0.2, 0) is 10.8 Å². The van der Waals surface area contributed by atoms with E-state index in [2.05, 4.69) is 4.43 Å². The number of rotatable bonds is 4. The molecule has 1 rings (SSSR count). The molecule has 2 N–H and O–H groups in total. The predicted octanol–water partition coefficient (Wildman–Crippen LogP) is -0.0281. The highest BCUT2D eigenvalue weighted by atomic mass is 28.2. The molecule has 0 aliphatic rings. The number of hydrogen-bond donors (Lipinski definition) is 2. The highest BCUT2D eigenvalue weighted by molar-refractivity contribution is 5.98. The van der Waals surface area contributed by atoms with Gasteiger partial charge in [-0.05, 0) is 24.1 Å². The quantitative estimate of drug-likeness (QED) is 0.449. The third kappa shape index (κ3) is 3.31. The highest BCUT2D eigenvalue weighted by Gasteiger charge is 2.21. The summed E-state index contributed by atoms with van der Waals surface area (Å²) in [6.45, 7) is 0. The van der Waals surface area contributed by atoms with Gasteiger partial charge in [-0.15, -0.1) is 0 Å². The molecular weight excluding hydrogens is 241 g/mol. The Morgan fingerprint density at radius 1 is 1.19 bits per heavy atom. The van der Waals surface area contributed by atoms with Crippen LogP contribution in [0.5, 0.6) is 0 Å². The number of aryl methyl sites for hydroxylation is 1. The molecule has 0 amide bonds. The van der Waals surface area contributed by atoms with Gasteiger partial charge in [-0.1, -0.05) is 0 Å². The second-order valence-electron chi connectivity index (χ2n) is 3.32. The first kappa shape index (κ1) is 13.2. The summed E-state index contributed by atoms with van der Waals surface area (Å²) in [6.07, 6.45) is -0.287. The largest absolute Gasteiger partial charge is 0.381 e. The average molecular weight is 252 g/mol. The molecule has 0 unspecified atom stereocenters. The molecule has 0 radical (unpaired) electrons. The van der Waals surface area contributed by atoms with Crippen molar-refractivity contribution in [2.45, 2.75) is 18.8 Å². The molecule has 0 aliphatic heterocycles. The minimum absolute atomic E-state index is 0.0383. The molecule has 7 heteroatoms. The maximum absolute atomic E-state index is 12.8. The van der Waals surface area contributed by atoms with E-state index in [1.165, 1.54) is 0 Å². The molecule has 0 aliphatic carbocycles. The van der Waals surface area contributed by atoms with E-state index in [9.17, 15) is 13.2 Å². The van der Waals surface area contributed by atoms with Crippen LogP contribution >= 0.6 is 0 Å². The molecular formula is C9H11F3O3Si. The van der Waals surface area contributed by atoms with Crippen LogP contribution in [0.2, 0.25) is 0 Å². The minimum atomic E-state index is -2.30. The first-order valence-electron chi connectivity index (χ1n) is 4.49. The van der Waals surface area contributed by atoms with Crippen molar-refractivity contribution in [1.29, 1.82) is 0 Å². The van der Waals surface area contributed by atoms with E-state index in [4.69, 9.17) is 10.2 Å². The van der Waals surface area contributed by atoms with Crippen molar-refractivity contribution in [1.82, 2.24) is 0 Å². The van der Waals surface area contributed by atoms with Gasteiger partial charge < -0.3 is 14.6 Å². The number of aliphatic hydroxyl groups is 2. The molecule has 16 heavy (non-hydrogen) atoms. The molecule has 0 fully saturated rings. The molecule has 0 aromatic heterocycles. The number of hydrogen-bond acceptors (Lipinski definition) is 3. The maximum atomic E-state index is 12.8. The summed E-state index contributed by atoms with van der Waals surface area (Å²) >= 11 is 0. The molecule has 0 bridgehead atoms. The fraction of sp³-hybridized carbons (Fsp3) is 0.333. The Bertz CT molecular complexity index is 361. The van der Waals surface area contributed by atoms with Crippen molar-refractivity contribution in [3.8, 4) is 0 Å². The number of halogens is 3. The Morgan fingerprint density at radius 3 is 2.12 bits per heavy atom. The van der Waals surface area contributed by atoms with E-state index in [0.717, 1.165) is 12.1 Å². The van der Waals surface area contributed by atoms with Crippen molar-refractivity contribution in [3.05, 3.63) is 35.1 Å². The van der Waals surface area contributed by atoms with Gasteiger partial charge in [0.2, 0.25) is 0 Å². The summed E-state index contributed by atoms with van der Waals surface area (Å²) in [5.74, 6) is -6.44. The first-order chi connectivity index (χ1) is 7.35. The summed E-state index contributed by atoms with van der Waals surface area (Å²) in [5.41, 5.74) is 0.127. The van der Waals surface area contributed by atoms with E-state index < -0.39 is 23.4 Å². The summed E-state index contributed by atoms with van der Waals surface area (Å²) in [4.78, 5) is 0. The van der Waals surface area contributed by atoms with E-state index >= 15 is 0 Å². The normalized spacial score (nSPS) is 12.1. The van der Waals surface area contributed by atoms with Crippen LogP contribution in [0.15, 0.2) is 12.1 Å². The standard InChI is InChI=1S/C9H11F3O3Si/c10-6-3-5(4-7(11)8(6)12)1-2-9(13,14)15-16/h3-4,13-14H,1-2H2,16H3. The maximum Gasteiger partial charge on any atom is 0.267 e. The molecule has 0 spiro atoms. The summed E-state index contributed by atoms with van der Waals surface area (Å²) in [6, 6.07) is 1.61. The molecule has 3 nitrogen and oxygen atoms in total. The zero-order chi connectivity index (χ0) is 12.3. The minimum Gasteiger partial charge on any atom is -0.381 e. The van der Waals surface area contributed by atoms with Crippen LogP contribution in [0.25, 0.3) is 0 Å². The van der Waals surface area contributed by atoms with Gasteiger partial charge >= 0.3 is 0 Å². The van der Waals surface area contributed by atoms with Crippen LogP contribution in [0.4, 0.5) is 13.2 Å². The third-order valence-electron chi connectivity index (χ3n) is 2.11. The molecule has 90 valence electrons. The Labute approximate surface area is 93.0 Å². The molecule has 0 saturated carbocycles. The monoisotopic (exact) mass is 252 g/mol. The fourth-order valence-corrected chi connectivity index (χ4v) is 1.37. The Balaban J connectivity index is 2.76. The second-order valence-corrected chi connectivity index (χ2v) is 3.73. The SMILES string of the molecule is OC(O)(CCc1cc(F)c(F)c(F)c1)O[SiH3]. The van der Waals surface area contributed by atoms with Gasteiger partial charge in [0.05, 0.1) is 0 Å². The van der Waals surface area contributed by atoms with Crippen LogP contribution in [0.3, 0.4) is 0 Å². The molecule has 1 aromatic rings. The van der Waals surface area contributed by atoms with Crippen molar-refractivity contribution in [2.75, 3.05) is 0 Å². The summed E-state index contributed by atoms with van der Waals surface area (Å²) in [5, 5.41) is 18.2. The zero-order valence-corrected chi connectivity index (χ0v) is 10.5. The topological polar surface area (TPSA) is 49.7 Å². The van der Waals surface area contributed by atoms with Crippen molar-refractivity contribution in [2.24, 2.45) is 0 Å². The lowest BCUT2D eigenvalue weighted by molar-refractivity contribution is -0.294. The van der Waals surface area contributed by atoms with Gasteiger partial charge in [0.1, 0.15) is 0 Å². The third-order valence-corrected chi connectivity index (χ3v) is 2.76. The van der Waals surface area contributed by atoms with Crippen molar-refractivity contribution < 1.29 is 27.8 Å².